The van der Waals surface area contributed by atoms with E-state index in [4.69, 9.17) is 16.3 Å². The third-order valence-corrected chi connectivity index (χ3v) is 3.28. The van der Waals surface area contributed by atoms with Gasteiger partial charge in [0.05, 0.1) is 0 Å². The summed E-state index contributed by atoms with van der Waals surface area (Å²) in [6.07, 6.45) is 0. The molecule has 0 spiro atoms. The number of hydrogen-bond donors (Lipinski definition) is 1. The van der Waals surface area contributed by atoms with Crippen molar-refractivity contribution in [1.82, 2.24) is 5.32 Å². The molecule has 2 nitrogen and oxygen atoms in total. The standard InChI is InChI=1S/C17H19ClFNO/c1-12(2)10-20-11-13-6-7-16(9-17(13)18)21-15-5-3-4-14(19)8-15/h3-9,12,20H,10-11H2,1-2H3. The Morgan fingerprint density at radius 1 is 1.14 bits per heavy atom. The number of rotatable bonds is 6. The fourth-order valence-corrected chi connectivity index (χ4v) is 2.13. The Kier molecular flexibility index (Phi) is 5.59. The number of hydrogen-bond acceptors (Lipinski definition) is 2. The van der Waals surface area contributed by atoms with Crippen molar-refractivity contribution in [2.24, 2.45) is 5.92 Å². The summed E-state index contributed by atoms with van der Waals surface area (Å²) < 4.78 is 18.7. The van der Waals surface area contributed by atoms with Gasteiger partial charge in [0.1, 0.15) is 17.3 Å². The average molecular weight is 308 g/mol. The second kappa shape index (κ2) is 7.43. The molecule has 21 heavy (non-hydrogen) atoms. The lowest BCUT2D eigenvalue weighted by Crippen LogP contribution is -2.19. The summed E-state index contributed by atoms with van der Waals surface area (Å²) in [4.78, 5) is 0. The lowest BCUT2D eigenvalue weighted by molar-refractivity contribution is 0.476. The topological polar surface area (TPSA) is 21.3 Å². The molecule has 0 aliphatic rings. The van der Waals surface area contributed by atoms with E-state index in [-0.39, 0.29) is 5.82 Å². The number of benzene rings is 2. The maximum Gasteiger partial charge on any atom is 0.130 e. The Morgan fingerprint density at radius 3 is 2.57 bits per heavy atom. The van der Waals surface area contributed by atoms with Crippen LogP contribution in [0, 0.1) is 11.7 Å². The molecule has 0 unspecified atom stereocenters. The van der Waals surface area contributed by atoms with Crippen LogP contribution in [-0.2, 0) is 6.54 Å². The largest absolute Gasteiger partial charge is 0.457 e. The third kappa shape index (κ3) is 5.03. The van der Waals surface area contributed by atoms with E-state index >= 15 is 0 Å². The fraction of sp³-hybridized carbons (Fsp3) is 0.294. The van der Waals surface area contributed by atoms with Crippen molar-refractivity contribution in [2.45, 2.75) is 20.4 Å². The molecule has 0 atom stereocenters. The van der Waals surface area contributed by atoms with Gasteiger partial charge in [-0.25, -0.2) is 4.39 Å². The molecule has 0 heterocycles. The van der Waals surface area contributed by atoms with Gasteiger partial charge in [-0.3, -0.25) is 0 Å². The first-order chi connectivity index (χ1) is 10.0. The van der Waals surface area contributed by atoms with Gasteiger partial charge in [0.2, 0.25) is 0 Å². The summed E-state index contributed by atoms with van der Waals surface area (Å²) in [5.74, 6) is 1.32. The van der Waals surface area contributed by atoms with Crippen LogP contribution >= 0.6 is 11.6 Å². The van der Waals surface area contributed by atoms with Crippen LogP contribution in [0.2, 0.25) is 5.02 Å². The van der Waals surface area contributed by atoms with Gasteiger partial charge < -0.3 is 10.1 Å². The highest BCUT2D eigenvalue weighted by Gasteiger charge is 2.05. The summed E-state index contributed by atoms with van der Waals surface area (Å²) in [5.41, 5.74) is 1.02. The minimum Gasteiger partial charge on any atom is -0.457 e. The molecule has 0 aliphatic heterocycles. The molecule has 0 fully saturated rings. The van der Waals surface area contributed by atoms with E-state index in [0.717, 1.165) is 18.7 Å². The molecular formula is C17H19ClFNO. The summed E-state index contributed by atoms with van der Waals surface area (Å²) in [7, 11) is 0. The number of ether oxygens (including phenoxy) is 1. The molecule has 0 radical (unpaired) electrons. The predicted octanol–water partition coefficient (Wildman–Crippen LogP) is 5.02. The predicted molar refractivity (Wildman–Crippen MR) is 84.5 cm³/mol. The Morgan fingerprint density at radius 2 is 1.90 bits per heavy atom. The van der Waals surface area contributed by atoms with Crippen LogP contribution in [0.3, 0.4) is 0 Å². The zero-order valence-electron chi connectivity index (χ0n) is 12.2. The molecule has 2 rings (SSSR count). The second-order valence-corrected chi connectivity index (χ2v) is 5.74. The van der Waals surface area contributed by atoms with Crippen molar-refractivity contribution in [3.8, 4) is 11.5 Å². The molecule has 2 aromatic rings. The monoisotopic (exact) mass is 307 g/mol. The van der Waals surface area contributed by atoms with Gasteiger partial charge in [-0.2, -0.15) is 0 Å². The van der Waals surface area contributed by atoms with Gasteiger partial charge in [-0.15, -0.1) is 0 Å². The SMILES string of the molecule is CC(C)CNCc1ccc(Oc2cccc(F)c2)cc1Cl. The first kappa shape index (κ1) is 15.8. The van der Waals surface area contributed by atoms with Crippen LogP contribution < -0.4 is 10.1 Å². The van der Waals surface area contributed by atoms with Gasteiger partial charge in [0.15, 0.2) is 0 Å². The zero-order chi connectivity index (χ0) is 15.2. The summed E-state index contributed by atoms with van der Waals surface area (Å²) >= 11 is 6.25. The van der Waals surface area contributed by atoms with Gasteiger partial charge in [0.25, 0.3) is 0 Å². The molecule has 0 aliphatic carbocycles. The minimum atomic E-state index is -0.326. The van der Waals surface area contributed by atoms with Crippen molar-refractivity contribution in [2.75, 3.05) is 6.54 Å². The first-order valence-electron chi connectivity index (χ1n) is 6.97. The van der Waals surface area contributed by atoms with Crippen LogP contribution in [0.1, 0.15) is 19.4 Å². The normalized spacial score (nSPS) is 10.9. The molecular weight excluding hydrogens is 289 g/mol. The van der Waals surface area contributed by atoms with Crippen molar-refractivity contribution in [3.63, 3.8) is 0 Å². The van der Waals surface area contributed by atoms with Gasteiger partial charge >= 0.3 is 0 Å². The molecule has 0 saturated carbocycles. The smallest absolute Gasteiger partial charge is 0.130 e. The third-order valence-electron chi connectivity index (χ3n) is 2.92. The number of nitrogens with one attached hydrogen (secondary N) is 1. The van der Waals surface area contributed by atoms with E-state index in [2.05, 4.69) is 19.2 Å². The maximum absolute atomic E-state index is 13.1. The highest BCUT2D eigenvalue weighted by Crippen LogP contribution is 2.27. The quantitative estimate of drug-likeness (QED) is 0.809. The molecule has 0 bridgehead atoms. The van der Waals surface area contributed by atoms with Crippen LogP contribution in [-0.4, -0.2) is 6.54 Å². The minimum absolute atomic E-state index is 0.326. The molecule has 0 amide bonds. The van der Waals surface area contributed by atoms with Gasteiger partial charge in [-0.1, -0.05) is 37.6 Å². The Labute approximate surface area is 129 Å². The van der Waals surface area contributed by atoms with E-state index in [9.17, 15) is 4.39 Å². The Hall–Kier alpha value is -1.58. The van der Waals surface area contributed by atoms with Crippen LogP contribution in [0.5, 0.6) is 11.5 Å². The van der Waals surface area contributed by atoms with Crippen LogP contribution in [0.25, 0.3) is 0 Å². The van der Waals surface area contributed by atoms with E-state index in [0.29, 0.717) is 22.4 Å². The van der Waals surface area contributed by atoms with Crippen molar-refractivity contribution in [3.05, 3.63) is 58.9 Å². The van der Waals surface area contributed by atoms with Crippen molar-refractivity contribution in [1.29, 1.82) is 0 Å². The molecule has 1 N–H and O–H groups in total. The summed E-state index contributed by atoms with van der Waals surface area (Å²) in [6, 6.07) is 11.5. The summed E-state index contributed by atoms with van der Waals surface area (Å²) in [5, 5.41) is 3.98. The zero-order valence-corrected chi connectivity index (χ0v) is 13.0. The van der Waals surface area contributed by atoms with Crippen LogP contribution in [0.4, 0.5) is 4.39 Å². The average Bonchev–Trinajstić information content (AvgIpc) is 2.41. The fourth-order valence-electron chi connectivity index (χ4n) is 1.90. The Bertz CT molecular complexity index is 601. The second-order valence-electron chi connectivity index (χ2n) is 5.34. The van der Waals surface area contributed by atoms with E-state index in [1.807, 2.05) is 12.1 Å². The first-order valence-corrected chi connectivity index (χ1v) is 7.35. The molecule has 0 saturated heterocycles. The van der Waals surface area contributed by atoms with E-state index in [1.165, 1.54) is 12.1 Å². The summed E-state index contributed by atoms with van der Waals surface area (Å²) in [6.45, 7) is 5.98. The lowest BCUT2D eigenvalue weighted by Gasteiger charge is -2.11. The van der Waals surface area contributed by atoms with Gasteiger partial charge in [-0.05, 0) is 42.3 Å². The Balaban J connectivity index is 2.01. The van der Waals surface area contributed by atoms with E-state index in [1.54, 1.807) is 18.2 Å². The van der Waals surface area contributed by atoms with Crippen molar-refractivity contribution >= 4 is 11.6 Å². The lowest BCUT2D eigenvalue weighted by atomic mass is 10.2. The molecule has 2 aromatic carbocycles. The van der Waals surface area contributed by atoms with E-state index < -0.39 is 0 Å². The highest BCUT2D eigenvalue weighted by atomic mass is 35.5. The molecule has 4 heteroatoms. The molecule has 112 valence electrons. The van der Waals surface area contributed by atoms with Crippen LogP contribution in [0.15, 0.2) is 42.5 Å². The van der Waals surface area contributed by atoms with Crippen molar-refractivity contribution < 1.29 is 9.13 Å². The van der Waals surface area contributed by atoms with Gasteiger partial charge in [0, 0.05) is 17.6 Å². The number of halogens is 2. The maximum atomic E-state index is 13.1. The highest BCUT2D eigenvalue weighted by molar-refractivity contribution is 6.31. The molecule has 0 aromatic heterocycles.